The van der Waals surface area contributed by atoms with Gasteiger partial charge in [0.15, 0.2) is 0 Å². The molecule has 2 heteroatoms. The summed E-state index contributed by atoms with van der Waals surface area (Å²) in [4.78, 5) is 2.28. The van der Waals surface area contributed by atoms with Gasteiger partial charge in [0, 0.05) is 17.1 Å². The van der Waals surface area contributed by atoms with Gasteiger partial charge in [-0.15, -0.1) is 0 Å². The van der Waals surface area contributed by atoms with Crippen LogP contribution < -0.4 is 4.90 Å². The van der Waals surface area contributed by atoms with Gasteiger partial charge in [-0.1, -0.05) is 152 Å². The van der Waals surface area contributed by atoms with Crippen molar-refractivity contribution in [3.05, 3.63) is 223 Å². The Morgan fingerprint density at radius 3 is 1.41 bits per heavy atom. The Hall–Kier alpha value is -6.77. The van der Waals surface area contributed by atoms with Crippen molar-refractivity contribution in [2.24, 2.45) is 0 Å². The second-order valence-corrected chi connectivity index (χ2v) is 13.7. The van der Waals surface area contributed by atoms with Crippen molar-refractivity contribution >= 4 is 28.7 Å². The van der Waals surface area contributed by atoms with E-state index < -0.39 is 0 Å². The van der Waals surface area contributed by atoms with Gasteiger partial charge in [-0.05, 0) is 135 Å². The van der Waals surface area contributed by atoms with Crippen molar-refractivity contribution in [3.8, 4) is 44.5 Å². The van der Waals surface area contributed by atoms with Crippen LogP contribution in [0.3, 0.4) is 0 Å². The molecule has 0 aromatic heterocycles. The minimum Gasteiger partial charge on any atom is -0.311 e. The van der Waals surface area contributed by atoms with Crippen molar-refractivity contribution in [2.75, 3.05) is 4.90 Å². The number of aryl methyl sites for hydroxylation is 1. The summed E-state index contributed by atoms with van der Waals surface area (Å²) >= 11 is 0. The Bertz CT molecular complexity index is 2520. The number of allylic oxidation sites excluding steroid dienone is 1. The van der Waals surface area contributed by atoms with E-state index >= 15 is 0 Å². The molecule has 0 radical (unpaired) electrons. The Labute approximate surface area is 318 Å². The number of benzene rings is 8. The van der Waals surface area contributed by atoms with Gasteiger partial charge in [0.2, 0.25) is 0 Å². The van der Waals surface area contributed by atoms with E-state index in [0.29, 0.717) is 0 Å². The lowest BCUT2D eigenvalue weighted by Crippen LogP contribution is -2.09. The molecule has 8 rings (SSSR count). The first kappa shape index (κ1) is 34.3. The fourth-order valence-corrected chi connectivity index (χ4v) is 7.11. The fourth-order valence-electron chi connectivity index (χ4n) is 7.11. The molecule has 0 atom stereocenters. The minimum atomic E-state index is -0.235. The second-order valence-electron chi connectivity index (χ2n) is 13.7. The van der Waals surface area contributed by atoms with Gasteiger partial charge in [0.1, 0.15) is 5.82 Å². The molecule has 8 aromatic carbocycles. The highest BCUT2D eigenvalue weighted by atomic mass is 19.1. The third-order valence-corrected chi connectivity index (χ3v) is 10.1. The summed E-state index contributed by atoms with van der Waals surface area (Å²) in [6.07, 6.45) is 2.29. The molecular weight excluding hydrogens is 658 g/mol. The molecule has 0 bridgehead atoms. The first-order valence-electron chi connectivity index (χ1n) is 18.4. The van der Waals surface area contributed by atoms with Crippen LogP contribution in [0.2, 0.25) is 0 Å². The van der Waals surface area contributed by atoms with Gasteiger partial charge < -0.3 is 4.90 Å². The highest BCUT2D eigenvalue weighted by molar-refractivity contribution is 5.88. The maximum absolute atomic E-state index is 13.6. The van der Waals surface area contributed by atoms with E-state index in [1.54, 1.807) is 0 Å². The summed E-state index contributed by atoms with van der Waals surface area (Å²) in [6, 6.07) is 69.1. The fraction of sp³-hybridized carbons (Fsp3) is 0.0385. The number of hydrogen-bond donors (Lipinski definition) is 0. The SMILES string of the molecule is C/C(=C/c1ccccc1-c1cc(-c2ccc(N(c3ccc(-c4ccccc4)cc3)c3ccc(-c4ccc(F)cc4)cc3)cc2)ccc1C)c1ccccc1. The summed E-state index contributed by atoms with van der Waals surface area (Å²) in [5, 5.41) is 0. The van der Waals surface area contributed by atoms with Crippen LogP contribution in [-0.4, -0.2) is 0 Å². The molecule has 1 nitrogen and oxygen atoms in total. The number of hydrogen-bond acceptors (Lipinski definition) is 1. The van der Waals surface area contributed by atoms with E-state index in [-0.39, 0.29) is 5.82 Å². The number of anilines is 3. The normalized spacial score (nSPS) is 11.4. The maximum Gasteiger partial charge on any atom is 0.123 e. The third-order valence-electron chi connectivity index (χ3n) is 10.1. The molecule has 0 saturated carbocycles. The molecule has 0 N–H and O–H groups in total. The quantitative estimate of drug-likeness (QED) is 0.136. The van der Waals surface area contributed by atoms with Crippen LogP contribution in [0.4, 0.5) is 21.5 Å². The predicted molar refractivity (Wildman–Crippen MR) is 228 cm³/mol. The molecule has 0 aliphatic rings. The molecule has 0 heterocycles. The maximum atomic E-state index is 13.6. The monoisotopic (exact) mass is 697 g/mol. The molecule has 54 heavy (non-hydrogen) atoms. The second kappa shape index (κ2) is 15.5. The molecular formula is C52H40FN. The smallest absolute Gasteiger partial charge is 0.123 e. The number of halogens is 1. The zero-order valence-corrected chi connectivity index (χ0v) is 30.5. The van der Waals surface area contributed by atoms with Crippen LogP contribution in [0.5, 0.6) is 0 Å². The van der Waals surface area contributed by atoms with Gasteiger partial charge in [0.25, 0.3) is 0 Å². The molecule has 0 spiro atoms. The number of nitrogens with zero attached hydrogens (tertiary/aromatic N) is 1. The molecule has 0 aliphatic heterocycles. The predicted octanol–water partition coefficient (Wildman–Crippen LogP) is 14.8. The van der Waals surface area contributed by atoms with Crippen LogP contribution in [-0.2, 0) is 0 Å². The van der Waals surface area contributed by atoms with Gasteiger partial charge in [-0.3, -0.25) is 0 Å². The van der Waals surface area contributed by atoms with E-state index in [1.807, 2.05) is 18.2 Å². The topological polar surface area (TPSA) is 3.24 Å². The van der Waals surface area contributed by atoms with Gasteiger partial charge >= 0.3 is 0 Å². The van der Waals surface area contributed by atoms with Crippen LogP contribution in [0.15, 0.2) is 200 Å². The van der Waals surface area contributed by atoms with E-state index in [2.05, 4.69) is 195 Å². The van der Waals surface area contributed by atoms with Crippen LogP contribution in [0.25, 0.3) is 56.2 Å². The van der Waals surface area contributed by atoms with Crippen molar-refractivity contribution in [3.63, 3.8) is 0 Å². The lowest BCUT2D eigenvalue weighted by molar-refractivity contribution is 0.628. The lowest BCUT2D eigenvalue weighted by atomic mass is 9.91. The standard InChI is InChI=1S/C52H40FN/c1-37-17-18-45(36-52(37)51-16-10-9-15-46(51)35-38(2)39-11-5-3-6-12-39)44-25-33-50(34-26-44)54(48-29-21-42(22-30-48)40-13-7-4-8-14-40)49-31-23-43(24-32-49)41-19-27-47(53)28-20-41/h3-36H,1-2H3/b38-35-. The van der Waals surface area contributed by atoms with E-state index in [9.17, 15) is 4.39 Å². The van der Waals surface area contributed by atoms with Gasteiger partial charge in [0.05, 0.1) is 0 Å². The average Bonchev–Trinajstić information content (AvgIpc) is 3.23. The van der Waals surface area contributed by atoms with Crippen LogP contribution in [0, 0.1) is 12.7 Å². The van der Waals surface area contributed by atoms with Crippen molar-refractivity contribution in [1.82, 2.24) is 0 Å². The summed E-state index contributed by atoms with van der Waals surface area (Å²) in [7, 11) is 0. The van der Waals surface area contributed by atoms with Crippen LogP contribution in [0.1, 0.15) is 23.6 Å². The summed E-state index contributed by atoms with van der Waals surface area (Å²) in [6.45, 7) is 4.37. The Balaban J connectivity index is 1.14. The van der Waals surface area contributed by atoms with Crippen molar-refractivity contribution < 1.29 is 4.39 Å². The Morgan fingerprint density at radius 2 is 0.852 bits per heavy atom. The van der Waals surface area contributed by atoms with Gasteiger partial charge in [-0.2, -0.15) is 0 Å². The molecule has 0 saturated heterocycles. The highest BCUT2D eigenvalue weighted by Gasteiger charge is 2.15. The lowest BCUT2D eigenvalue weighted by Gasteiger charge is -2.26. The van der Waals surface area contributed by atoms with Crippen LogP contribution >= 0.6 is 0 Å². The molecule has 8 aromatic rings. The van der Waals surface area contributed by atoms with Crippen molar-refractivity contribution in [1.29, 1.82) is 0 Å². The zero-order valence-electron chi connectivity index (χ0n) is 30.5. The van der Waals surface area contributed by atoms with E-state index in [0.717, 1.165) is 33.8 Å². The molecule has 260 valence electrons. The minimum absolute atomic E-state index is 0.235. The first-order valence-corrected chi connectivity index (χ1v) is 18.4. The zero-order chi connectivity index (χ0) is 36.9. The van der Waals surface area contributed by atoms with Crippen molar-refractivity contribution in [2.45, 2.75) is 13.8 Å². The summed E-state index contributed by atoms with van der Waals surface area (Å²) < 4.78 is 13.6. The third kappa shape index (κ3) is 7.42. The molecule has 0 amide bonds. The largest absolute Gasteiger partial charge is 0.311 e. The van der Waals surface area contributed by atoms with E-state index in [1.165, 1.54) is 62.2 Å². The molecule has 0 aliphatic carbocycles. The number of rotatable bonds is 9. The molecule has 0 unspecified atom stereocenters. The molecule has 0 fully saturated rings. The highest BCUT2D eigenvalue weighted by Crippen LogP contribution is 2.39. The Kier molecular flexibility index (Phi) is 9.82. The average molecular weight is 698 g/mol. The summed E-state index contributed by atoms with van der Waals surface area (Å²) in [5.41, 5.74) is 17.2. The first-order chi connectivity index (χ1) is 26.5. The summed E-state index contributed by atoms with van der Waals surface area (Å²) in [5.74, 6) is -0.235. The van der Waals surface area contributed by atoms with E-state index in [4.69, 9.17) is 0 Å². The van der Waals surface area contributed by atoms with Gasteiger partial charge in [-0.25, -0.2) is 4.39 Å². The Morgan fingerprint density at radius 1 is 0.426 bits per heavy atom.